The number of aromatic nitrogens is 2. The number of nitrogens with zero attached hydrogens (tertiary/aromatic N) is 3. The monoisotopic (exact) mass is 440 g/mol. The molecule has 0 aliphatic carbocycles. The van der Waals surface area contributed by atoms with Gasteiger partial charge in [-0.2, -0.15) is 9.78 Å². The van der Waals surface area contributed by atoms with E-state index in [0.29, 0.717) is 21.8 Å². The Labute approximate surface area is 173 Å². The van der Waals surface area contributed by atoms with E-state index in [1.54, 1.807) is 18.5 Å². The molecule has 3 aromatic heterocycles. The van der Waals surface area contributed by atoms with E-state index in [0.717, 1.165) is 15.1 Å². The summed E-state index contributed by atoms with van der Waals surface area (Å²) in [5.41, 5.74) is 1.77. The first kappa shape index (κ1) is 24.1. The number of aliphatic imine (C=N–C) groups is 1. The molecular formula is C17H20N4O6S2. The van der Waals surface area contributed by atoms with Crippen LogP contribution in [0.4, 0.5) is 0 Å². The van der Waals surface area contributed by atoms with Crippen LogP contribution in [0, 0.1) is 0 Å². The van der Waals surface area contributed by atoms with Crippen molar-refractivity contribution in [3.63, 3.8) is 0 Å². The quantitative estimate of drug-likeness (QED) is 0.597. The molecule has 0 saturated carbocycles. The molecule has 0 atom stereocenters. The molecule has 29 heavy (non-hydrogen) atoms. The van der Waals surface area contributed by atoms with Crippen molar-refractivity contribution in [3.05, 3.63) is 38.5 Å². The Morgan fingerprint density at radius 2 is 1.69 bits per heavy atom. The lowest BCUT2D eigenvalue weighted by molar-refractivity contribution is 0.0597. The van der Waals surface area contributed by atoms with Crippen LogP contribution in [0.5, 0.6) is 0 Å². The number of hydrogen-bond acceptors (Lipinski definition) is 10. The Morgan fingerprint density at radius 1 is 1.07 bits per heavy atom. The zero-order valence-electron chi connectivity index (χ0n) is 15.9. The van der Waals surface area contributed by atoms with E-state index >= 15 is 0 Å². The van der Waals surface area contributed by atoms with Crippen LogP contribution < -0.4 is 6.15 Å². The summed E-state index contributed by atoms with van der Waals surface area (Å²) in [6, 6.07) is 3.46. The summed E-state index contributed by atoms with van der Waals surface area (Å²) in [7, 11) is 2.71. The molecule has 4 rings (SSSR count). The lowest BCUT2D eigenvalue weighted by Gasteiger charge is -1.93. The number of carbonyl (C=O) groups excluding carboxylic acids is 3. The number of fused-ring (bicyclic) bond motifs is 2. The Kier molecular flexibility index (Phi) is 8.33. The van der Waals surface area contributed by atoms with Crippen LogP contribution >= 0.6 is 22.7 Å². The van der Waals surface area contributed by atoms with E-state index in [9.17, 15) is 14.4 Å². The Balaban J connectivity index is 0.000000277. The van der Waals surface area contributed by atoms with Gasteiger partial charge < -0.3 is 21.1 Å². The van der Waals surface area contributed by atoms with Crippen molar-refractivity contribution in [2.45, 2.75) is 13.5 Å². The third-order valence-electron chi connectivity index (χ3n) is 3.64. The topological polar surface area (TPSA) is 166 Å². The van der Waals surface area contributed by atoms with E-state index < -0.39 is 5.97 Å². The second-order valence-electron chi connectivity index (χ2n) is 5.39. The van der Waals surface area contributed by atoms with Crippen LogP contribution in [0.25, 0.3) is 10.2 Å². The van der Waals surface area contributed by atoms with Gasteiger partial charge in [0, 0.05) is 13.1 Å². The third kappa shape index (κ3) is 4.92. The molecule has 10 nitrogen and oxygen atoms in total. The molecule has 3 aromatic rings. The first-order valence-electron chi connectivity index (χ1n) is 7.72. The fourth-order valence-electron chi connectivity index (χ4n) is 2.38. The zero-order valence-corrected chi connectivity index (χ0v) is 17.6. The summed E-state index contributed by atoms with van der Waals surface area (Å²) in [5.74, 6) is -0.840. The van der Waals surface area contributed by atoms with Crippen molar-refractivity contribution in [2.24, 2.45) is 4.99 Å². The molecular weight excluding hydrogens is 420 g/mol. The van der Waals surface area contributed by atoms with Gasteiger partial charge >= 0.3 is 11.9 Å². The predicted octanol–water partition coefficient (Wildman–Crippen LogP) is 2.35. The van der Waals surface area contributed by atoms with Crippen LogP contribution in [-0.2, 0) is 16.0 Å². The van der Waals surface area contributed by atoms with E-state index in [-0.39, 0.29) is 23.5 Å². The molecule has 0 radical (unpaired) electrons. The van der Waals surface area contributed by atoms with Gasteiger partial charge in [0.25, 0.3) is 0 Å². The highest BCUT2D eigenvalue weighted by molar-refractivity contribution is 7.20. The Hall–Kier alpha value is -2.93. The molecule has 0 bridgehead atoms. The van der Waals surface area contributed by atoms with Gasteiger partial charge in [-0.25, -0.2) is 9.59 Å². The first-order chi connectivity index (χ1) is 12.9. The lowest BCUT2D eigenvalue weighted by Crippen LogP contribution is -2.06. The van der Waals surface area contributed by atoms with Gasteiger partial charge in [-0.3, -0.25) is 9.79 Å². The van der Waals surface area contributed by atoms with Crippen LogP contribution in [0.15, 0.2) is 23.3 Å². The molecule has 0 fully saturated rings. The SMILES string of the molecule is COC(=O)c1cc2c(cnn2C(C)=O)s1.COC(=O)c1cc2c(s1)C=NC2.N.O. The largest absolute Gasteiger partial charge is 0.465 e. The van der Waals surface area contributed by atoms with Crippen molar-refractivity contribution in [1.29, 1.82) is 0 Å². The second kappa shape index (κ2) is 10.0. The van der Waals surface area contributed by atoms with Gasteiger partial charge in [-0.05, 0) is 17.7 Å². The molecule has 156 valence electrons. The number of rotatable bonds is 2. The van der Waals surface area contributed by atoms with E-state index in [4.69, 9.17) is 0 Å². The summed E-state index contributed by atoms with van der Waals surface area (Å²) >= 11 is 2.69. The fraction of sp³-hybridized carbons (Fsp3) is 0.235. The summed E-state index contributed by atoms with van der Waals surface area (Å²) in [4.78, 5) is 39.7. The molecule has 5 N–H and O–H groups in total. The molecule has 4 heterocycles. The Bertz CT molecular complexity index is 1070. The molecule has 1 aliphatic rings. The highest BCUT2D eigenvalue weighted by atomic mass is 32.1. The third-order valence-corrected chi connectivity index (χ3v) is 5.77. The normalized spacial score (nSPS) is 10.9. The minimum Gasteiger partial charge on any atom is -0.465 e. The highest BCUT2D eigenvalue weighted by Gasteiger charge is 2.16. The van der Waals surface area contributed by atoms with Crippen LogP contribution in [-0.4, -0.2) is 53.5 Å². The number of carbonyl (C=O) groups is 3. The van der Waals surface area contributed by atoms with Crippen molar-refractivity contribution in [1.82, 2.24) is 15.9 Å². The standard InChI is InChI=1S/C9H8N2O3S.C8H7NO2S.H3N.H2O/c1-5(12)11-6-3-7(9(13)14-2)15-8(6)4-10-11;1-11-8(10)6-2-5-3-9-4-7(5)12-6;;/h3-4H,1-2H3;2,4H,3H2,1H3;1H3;1H2. The number of ether oxygens (including phenoxy) is 2. The van der Waals surface area contributed by atoms with Gasteiger partial charge in [0.1, 0.15) is 9.75 Å². The number of hydrogen-bond donors (Lipinski definition) is 1. The second-order valence-corrected chi connectivity index (χ2v) is 7.56. The number of methoxy groups -OCH3 is 2. The van der Waals surface area contributed by atoms with Crippen molar-refractivity contribution in [3.8, 4) is 0 Å². The van der Waals surface area contributed by atoms with Gasteiger partial charge in [0.05, 0.1) is 42.1 Å². The van der Waals surface area contributed by atoms with E-state index in [1.807, 2.05) is 6.07 Å². The van der Waals surface area contributed by atoms with Crippen LogP contribution in [0.1, 0.15) is 41.5 Å². The van der Waals surface area contributed by atoms with Crippen molar-refractivity contribution >= 4 is 57.0 Å². The van der Waals surface area contributed by atoms with Crippen LogP contribution in [0.3, 0.4) is 0 Å². The Morgan fingerprint density at radius 3 is 2.24 bits per heavy atom. The van der Waals surface area contributed by atoms with Crippen molar-refractivity contribution < 1.29 is 29.3 Å². The zero-order chi connectivity index (χ0) is 19.6. The molecule has 12 heteroatoms. The van der Waals surface area contributed by atoms with Gasteiger partial charge in [0.15, 0.2) is 0 Å². The fourth-order valence-corrected chi connectivity index (χ4v) is 4.29. The molecule has 0 unspecified atom stereocenters. The predicted molar refractivity (Wildman–Crippen MR) is 111 cm³/mol. The summed E-state index contributed by atoms with van der Waals surface area (Å²) < 4.78 is 11.3. The molecule has 0 spiro atoms. The highest BCUT2D eigenvalue weighted by Crippen LogP contribution is 2.26. The average Bonchev–Trinajstić information content (AvgIpc) is 3.38. The maximum Gasteiger partial charge on any atom is 0.348 e. The summed E-state index contributed by atoms with van der Waals surface area (Å²) in [6.45, 7) is 2.12. The minimum atomic E-state index is -0.397. The van der Waals surface area contributed by atoms with Gasteiger partial charge in [-0.15, -0.1) is 22.7 Å². The van der Waals surface area contributed by atoms with Gasteiger partial charge in [0.2, 0.25) is 5.91 Å². The molecule has 0 saturated heterocycles. The molecule has 0 aromatic carbocycles. The van der Waals surface area contributed by atoms with E-state index in [2.05, 4.69) is 19.6 Å². The molecule has 0 amide bonds. The minimum absolute atomic E-state index is 0. The summed E-state index contributed by atoms with van der Waals surface area (Å²) in [6.07, 6.45) is 3.36. The number of thiophene rings is 2. The maximum atomic E-state index is 11.2. The maximum absolute atomic E-state index is 11.2. The van der Waals surface area contributed by atoms with Crippen molar-refractivity contribution in [2.75, 3.05) is 14.2 Å². The lowest BCUT2D eigenvalue weighted by atomic mass is 10.3. The van der Waals surface area contributed by atoms with E-state index in [1.165, 1.54) is 48.5 Å². The summed E-state index contributed by atoms with van der Waals surface area (Å²) in [5, 5.41) is 3.91. The smallest absolute Gasteiger partial charge is 0.348 e. The molecule has 1 aliphatic heterocycles. The van der Waals surface area contributed by atoms with Crippen LogP contribution in [0.2, 0.25) is 0 Å². The first-order valence-corrected chi connectivity index (χ1v) is 9.35. The number of esters is 2. The van der Waals surface area contributed by atoms with Gasteiger partial charge in [-0.1, -0.05) is 0 Å². The average molecular weight is 441 g/mol.